The molecule has 2 N–H and O–H groups in total. The Hall–Kier alpha value is -1.28. The van der Waals surface area contributed by atoms with Gasteiger partial charge in [-0.25, -0.2) is 6.57 Å². The van der Waals surface area contributed by atoms with Gasteiger partial charge in [-0.15, -0.1) is 0 Å². The molecule has 0 aliphatic carbocycles. The van der Waals surface area contributed by atoms with Crippen molar-refractivity contribution < 1.29 is 24.1 Å². The molecule has 0 saturated carbocycles. The molecule has 0 aromatic rings. The van der Waals surface area contributed by atoms with E-state index in [0.29, 0.717) is 13.1 Å². The predicted octanol–water partition coefficient (Wildman–Crippen LogP) is 0.536. The maximum Gasteiger partial charge on any atom is 0.300 e. The van der Waals surface area contributed by atoms with Gasteiger partial charge in [0.2, 0.25) is 5.91 Å². The summed E-state index contributed by atoms with van der Waals surface area (Å²) in [5.74, 6) is -0.699. The zero-order valence-electron chi connectivity index (χ0n) is 18.2. The van der Waals surface area contributed by atoms with Gasteiger partial charge in [0, 0.05) is 25.0 Å². The average Bonchev–Trinajstić information content (AvgIpc) is 3.37. The molecule has 4 aliphatic heterocycles. The molecule has 4 fully saturated rings. The third-order valence-electron chi connectivity index (χ3n) is 6.87. The number of fused-ring (bicyclic) bond motifs is 1. The van der Waals surface area contributed by atoms with E-state index in [9.17, 15) is 9.90 Å². The maximum atomic E-state index is 12.5. The van der Waals surface area contributed by atoms with E-state index in [2.05, 4.69) is 22.0 Å². The predicted molar refractivity (Wildman–Crippen MR) is 108 cm³/mol. The molecule has 168 valence electrons. The highest BCUT2D eigenvalue weighted by atomic mass is 16.8. The van der Waals surface area contributed by atoms with E-state index < -0.39 is 24.3 Å². The van der Waals surface area contributed by atoms with Crippen LogP contribution < -0.4 is 5.32 Å². The first-order valence-corrected chi connectivity index (χ1v) is 11.0. The summed E-state index contributed by atoms with van der Waals surface area (Å²) < 4.78 is 17.4. The molecule has 4 heterocycles. The number of nitrogens with zero attached hydrogens (tertiary/aromatic N) is 3. The number of aliphatic hydroxyl groups excluding tert-OH is 1. The summed E-state index contributed by atoms with van der Waals surface area (Å²) in [6.45, 7) is 16.4. The lowest BCUT2D eigenvalue weighted by Gasteiger charge is -2.41. The molecule has 1 amide bonds. The van der Waals surface area contributed by atoms with Crippen LogP contribution in [0.3, 0.4) is 0 Å². The first kappa shape index (κ1) is 21.9. The zero-order valence-corrected chi connectivity index (χ0v) is 18.2. The summed E-state index contributed by atoms with van der Waals surface area (Å²) in [4.78, 5) is 20.1. The molecule has 4 saturated heterocycles. The van der Waals surface area contributed by atoms with E-state index >= 15 is 0 Å². The number of hydrogen-bond donors (Lipinski definition) is 2. The van der Waals surface area contributed by atoms with Crippen LogP contribution in [0.25, 0.3) is 4.85 Å². The number of aliphatic hydroxyl groups is 1. The molecule has 0 spiro atoms. The van der Waals surface area contributed by atoms with Gasteiger partial charge in [0.1, 0.15) is 18.3 Å². The molecule has 0 unspecified atom stereocenters. The average molecular weight is 423 g/mol. The lowest BCUT2D eigenvalue weighted by molar-refractivity contribution is -0.216. The van der Waals surface area contributed by atoms with Crippen LogP contribution in [-0.4, -0.2) is 95.6 Å². The topological polar surface area (TPSA) is 87.9 Å². The number of nitrogens with one attached hydrogen (secondary N) is 1. The highest BCUT2D eigenvalue weighted by Crippen LogP contribution is 2.37. The van der Waals surface area contributed by atoms with Crippen LogP contribution in [0.1, 0.15) is 46.5 Å². The molecule has 30 heavy (non-hydrogen) atoms. The van der Waals surface area contributed by atoms with Crippen molar-refractivity contribution in [3.8, 4) is 0 Å². The lowest BCUT2D eigenvalue weighted by atomic mass is 9.89. The highest BCUT2D eigenvalue weighted by Gasteiger charge is 2.54. The van der Waals surface area contributed by atoms with E-state index in [1.807, 2.05) is 13.8 Å². The van der Waals surface area contributed by atoms with E-state index in [0.717, 1.165) is 38.8 Å². The minimum Gasteiger partial charge on any atom is -0.387 e. The Morgan fingerprint density at radius 3 is 2.63 bits per heavy atom. The molecule has 0 bridgehead atoms. The number of amides is 1. The monoisotopic (exact) mass is 422 g/mol. The number of likely N-dealkylation sites (tertiary alicyclic amines) is 2. The van der Waals surface area contributed by atoms with E-state index in [1.165, 1.54) is 0 Å². The van der Waals surface area contributed by atoms with Crippen molar-refractivity contribution in [3.63, 3.8) is 0 Å². The maximum absolute atomic E-state index is 12.5. The molecule has 0 radical (unpaired) electrons. The smallest absolute Gasteiger partial charge is 0.300 e. The van der Waals surface area contributed by atoms with Crippen molar-refractivity contribution in [2.24, 2.45) is 0 Å². The van der Waals surface area contributed by atoms with Crippen LogP contribution in [0.15, 0.2) is 0 Å². The molecule has 0 aromatic heterocycles. The fourth-order valence-electron chi connectivity index (χ4n) is 4.93. The molecule has 4 aliphatic rings. The normalized spacial score (nSPS) is 37.8. The van der Waals surface area contributed by atoms with Crippen LogP contribution in [0, 0.1) is 6.57 Å². The second-order valence-corrected chi connectivity index (χ2v) is 9.69. The van der Waals surface area contributed by atoms with Crippen molar-refractivity contribution in [2.75, 3.05) is 32.7 Å². The summed E-state index contributed by atoms with van der Waals surface area (Å²) in [5, 5.41) is 14.0. The summed E-state index contributed by atoms with van der Waals surface area (Å²) >= 11 is 0. The van der Waals surface area contributed by atoms with Crippen molar-refractivity contribution >= 4 is 5.91 Å². The van der Waals surface area contributed by atoms with Gasteiger partial charge in [-0.3, -0.25) is 14.5 Å². The second kappa shape index (κ2) is 8.34. The summed E-state index contributed by atoms with van der Waals surface area (Å²) in [6, 6.07) is 0. The van der Waals surface area contributed by atoms with E-state index in [4.69, 9.17) is 20.8 Å². The molecule has 9 heteroatoms. The van der Waals surface area contributed by atoms with Gasteiger partial charge in [0.15, 0.2) is 12.1 Å². The number of ether oxygens (including phenoxy) is 3. The van der Waals surface area contributed by atoms with Crippen molar-refractivity contribution in [1.82, 2.24) is 15.1 Å². The van der Waals surface area contributed by atoms with Crippen molar-refractivity contribution in [3.05, 3.63) is 11.4 Å². The molecule has 5 atom stereocenters. The van der Waals surface area contributed by atoms with Crippen LogP contribution in [0.4, 0.5) is 0 Å². The van der Waals surface area contributed by atoms with E-state index in [-0.39, 0.29) is 30.3 Å². The van der Waals surface area contributed by atoms with Gasteiger partial charge >= 0.3 is 6.17 Å². The number of carbonyl (C=O) groups excluding carboxylic acids is 1. The molecular weight excluding hydrogens is 388 g/mol. The Morgan fingerprint density at radius 1 is 1.23 bits per heavy atom. The third-order valence-corrected chi connectivity index (χ3v) is 6.87. The standard InChI is InChI=1S/C21H34N4O5/c1-20(2)29-18-17(27)14(28-19(18)30-20)13-24-10-7-21(3,8-11-24)23-12-16(26)25-9-5-6-15(25)22-4/h14-15,17-19,23,27H,5-13H2,1-3H3/t14-,15+,17-,18-,19-/m1/s1. The minimum absolute atomic E-state index is 0.0223. The fraction of sp³-hybridized carbons (Fsp3) is 0.905. The van der Waals surface area contributed by atoms with E-state index in [1.54, 1.807) is 4.90 Å². The first-order chi connectivity index (χ1) is 14.2. The van der Waals surface area contributed by atoms with Gasteiger partial charge < -0.3 is 29.5 Å². The number of piperidine rings is 1. The summed E-state index contributed by atoms with van der Waals surface area (Å²) in [5.41, 5.74) is -0.110. The Morgan fingerprint density at radius 2 is 1.97 bits per heavy atom. The van der Waals surface area contributed by atoms with Gasteiger partial charge in [-0.05, 0) is 53.1 Å². The first-order valence-electron chi connectivity index (χ1n) is 11.0. The molecule has 9 nitrogen and oxygen atoms in total. The Balaban J connectivity index is 1.21. The van der Waals surface area contributed by atoms with Gasteiger partial charge in [-0.1, -0.05) is 0 Å². The van der Waals surface area contributed by atoms with Gasteiger partial charge in [0.25, 0.3) is 0 Å². The van der Waals surface area contributed by atoms with Crippen molar-refractivity contribution in [2.45, 2.75) is 88.5 Å². The Bertz CT molecular complexity index is 687. The van der Waals surface area contributed by atoms with Crippen LogP contribution >= 0.6 is 0 Å². The van der Waals surface area contributed by atoms with Crippen molar-refractivity contribution in [1.29, 1.82) is 0 Å². The number of rotatable bonds is 5. The Labute approximate surface area is 178 Å². The quantitative estimate of drug-likeness (QED) is 0.625. The molecular formula is C21H34N4O5. The largest absolute Gasteiger partial charge is 0.387 e. The van der Waals surface area contributed by atoms with Crippen LogP contribution in [0.5, 0.6) is 0 Å². The highest BCUT2D eigenvalue weighted by molar-refractivity contribution is 5.79. The van der Waals surface area contributed by atoms with Gasteiger partial charge in [-0.2, -0.15) is 0 Å². The number of hydrogen-bond acceptors (Lipinski definition) is 7. The van der Waals surface area contributed by atoms with Crippen LogP contribution in [-0.2, 0) is 19.0 Å². The fourth-order valence-corrected chi connectivity index (χ4v) is 4.93. The summed E-state index contributed by atoms with van der Waals surface area (Å²) in [6.07, 6.45) is 1.26. The zero-order chi connectivity index (χ0) is 21.5. The van der Waals surface area contributed by atoms with Gasteiger partial charge in [0.05, 0.1) is 6.54 Å². The summed E-state index contributed by atoms with van der Waals surface area (Å²) in [7, 11) is 0. The Kier molecular flexibility index (Phi) is 6.10. The second-order valence-electron chi connectivity index (χ2n) is 9.69. The number of carbonyl (C=O) groups is 1. The SMILES string of the molecule is [C-]#[N+][C@@H]1CCCN1C(=O)CNC1(C)CCN(C[C@H]2O[C@@H]3OC(C)(C)O[C@@H]3[C@@H]2O)CC1. The minimum atomic E-state index is -0.721. The third kappa shape index (κ3) is 4.49. The van der Waals surface area contributed by atoms with Crippen LogP contribution in [0.2, 0.25) is 0 Å². The molecule has 4 rings (SSSR count). The molecule has 0 aromatic carbocycles. The lowest BCUT2D eigenvalue weighted by Crippen LogP contribution is -2.55.